The van der Waals surface area contributed by atoms with Crippen LogP contribution in [-0.4, -0.2) is 165 Å². The Morgan fingerprint density at radius 1 is 0.820 bits per heavy atom. The van der Waals surface area contributed by atoms with Gasteiger partial charge in [-0.05, 0) is 98.7 Å². The van der Waals surface area contributed by atoms with Gasteiger partial charge < -0.3 is 75.0 Å². The van der Waals surface area contributed by atoms with E-state index in [4.69, 9.17) is 23.7 Å². The Kier molecular flexibility index (Phi) is 13.0. The van der Waals surface area contributed by atoms with Crippen LogP contribution in [0.15, 0.2) is 11.6 Å². The Hall–Kier alpha value is -1.84. The molecule has 2 aliphatic heterocycles. The van der Waals surface area contributed by atoms with Crippen molar-refractivity contribution in [3.05, 3.63) is 11.6 Å². The molecule has 348 valence electrons. The smallest absolute Gasteiger partial charge is 0.311 e. The quantitative estimate of drug-likeness (QED) is 0.0763. The summed E-state index contributed by atoms with van der Waals surface area (Å²) in [7, 11) is 1.41. The lowest BCUT2D eigenvalue weighted by Crippen LogP contribution is -2.69. The van der Waals surface area contributed by atoms with Gasteiger partial charge in [-0.1, -0.05) is 39.3 Å². The first-order chi connectivity index (χ1) is 28.7. The number of hydrogen-bond acceptors (Lipinski definition) is 16. The van der Waals surface area contributed by atoms with E-state index >= 15 is 0 Å². The highest BCUT2D eigenvalue weighted by atomic mass is 16.7. The summed E-state index contributed by atoms with van der Waals surface area (Å²) < 4.78 is 28.7. The number of allylic oxidation sites excluding steroid dienone is 2. The predicted octanol–water partition coefficient (Wildman–Crippen LogP) is -0.359. The molecule has 2 heterocycles. The van der Waals surface area contributed by atoms with Gasteiger partial charge in [-0.2, -0.15) is 0 Å². The number of nitrogens with one attached hydrogen (secondary N) is 1. The van der Waals surface area contributed by atoms with Gasteiger partial charge in [-0.15, -0.1) is 0 Å². The van der Waals surface area contributed by atoms with Crippen LogP contribution in [0.2, 0.25) is 0 Å². The molecule has 0 aromatic carbocycles. The summed E-state index contributed by atoms with van der Waals surface area (Å²) in [4.78, 5) is 27.4. The van der Waals surface area contributed by atoms with Crippen molar-refractivity contribution in [3.8, 4) is 0 Å². The molecule has 0 radical (unpaired) electrons. The molecule has 0 bridgehead atoms. The zero-order chi connectivity index (χ0) is 44.7. The standard InChI is InChI=1S/C44H71NO16/c1-39(38(56)57-6)11-13-44(37(55)45-15-16-46)14-12-42(4)22(23(44)17-39)7-8-28-40(2)18-24(49)34(41(3,21-48)27(40)9-10-43(28,42)5)61-35-32(53)30(51)26(20-58-35)60-36-33(54)31(52)29(50)25(19-47)59-36/h7,23-36,46-54H,8-21H2,1-6H3,(H,45,55)/t23-,24-,25+,26+,27+,28+,29+,30-,31-,32+,33+,34-,35-,36-,39-,40-,41-,42+,43+,44-/m0/s1. The molecular formula is C44H71NO16. The van der Waals surface area contributed by atoms with E-state index in [1.165, 1.54) is 12.7 Å². The van der Waals surface area contributed by atoms with E-state index in [0.29, 0.717) is 44.9 Å². The Bertz CT molecular complexity index is 1670. The van der Waals surface area contributed by atoms with Gasteiger partial charge in [0.15, 0.2) is 12.6 Å². The Morgan fingerprint density at radius 3 is 2.16 bits per heavy atom. The average Bonchev–Trinajstić information content (AvgIpc) is 3.23. The molecule has 2 saturated heterocycles. The van der Waals surface area contributed by atoms with Crippen LogP contribution in [0.25, 0.3) is 0 Å². The van der Waals surface area contributed by atoms with Crippen LogP contribution in [0.3, 0.4) is 0 Å². The third-order valence-electron chi connectivity index (χ3n) is 17.9. The highest BCUT2D eigenvalue weighted by Crippen LogP contribution is 2.76. The maximum Gasteiger partial charge on any atom is 0.311 e. The molecule has 20 atom stereocenters. The van der Waals surface area contributed by atoms with Crippen LogP contribution in [0, 0.1) is 50.2 Å². The lowest BCUT2D eigenvalue weighted by atomic mass is 9.33. The SMILES string of the molecule is COC(=O)[C@@]1(C)CC[C@]2(C(=O)NCCO)CC[C@]3(C)C(=CC[C@@H]4[C@@]5(C)C[C@H](O)[C@H](O[C@@H]6OC[C@@H](O[C@@H]7O[C@H](CO)[C@@H](O)[C@H](O)[C@H]7O)[C@H](O)[C@H]6O)[C@@](C)(CO)[C@@H]5CC[C@]43C)[C@@H]2C1. The predicted molar refractivity (Wildman–Crippen MR) is 214 cm³/mol. The number of ether oxygens (including phenoxy) is 5. The molecule has 1 amide bonds. The molecule has 6 fully saturated rings. The Morgan fingerprint density at radius 2 is 1.51 bits per heavy atom. The van der Waals surface area contributed by atoms with Gasteiger partial charge in [0.25, 0.3) is 0 Å². The fourth-order valence-corrected chi connectivity index (χ4v) is 14.1. The lowest BCUT2D eigenvalue weighted by Gasteiger charge is -2.72. The number of hydrogen-bond donors (Lipinski definition) is 10. The minimum absolute atomic E-state index is 0.0546. The van der Waals surface area contributed by atoms with Gasteiger partial charge in [-0.3, -0.25) is 9.59 Å². The van der Waals surface area contributed by atoms with Crippen LogP contribution in [0.4, 0.5) is 0 Å². The number of esters is 1. The van der Waals surface area contributed by atoms with Crippen molar-refractivity contribution in [2.24, 2.45) is 50.2 Å². The molecular weight excluding hydrogens is 798 g/mol. The van der Waals surface area contributed by atoms with Crippen LogP contribution in [-0.2, 0) is 33.3 Å². The summed E-state index contributed by atoms with van der Waals surface area (Å²) in [6.45, 7) is 9.30. The molecule has 0 unspecified atom stereocenters. The molecule has 17 heteroatoms. The summed E-state index contributed by atoms with van der Waals surface area (Å²) >= 11 is 0. The van der Waals surface area contributed by atoms with E-state index in [2.05, 4.69) is 32.2 Å². The van der Waals surface area contributed by atoms with Gasteiger partial charge in [0.05, 0.1) is 56.6 Å². The van der Waals surface area contributed by atoms with E-state index in [1.807, 2.05) is 13.8 Å². The van der Waals surface area contributed by atoms with Crippen molar-refractivity contribution in [3.63, 3.8) is 0 Å². The Labute approximate surface area is 357 Å². The number of aliphatic hydroxyl groups is 9. The summed E-state index contributed by atoms with van der Waals surface area (Å²) in [5, 5.41) is 98.9. The topological polar surface area (TPSA) is 274 Å². The number of amides is 1. The minimum atomic E-state index is -1.73. The fraction of sp³-hybridized carbons (Fsp3) is 0.909. The van der Waals surface area contributed by atoms with Gasteiger partial charge >= 0.3 is 5.97 Å². The van der Waals surface area contributed by atoms with Gasteiger partial charge in [0.2, 0.25) is 5.91 Å². The van der Waals surface area contributed by atoms with E-state index in [0.717, 1.165) is 12.8 Å². The second kappa shape index (κ2) is 16.9. The number of carbonyl (C=O) groups excluding carboxylic acids is 2. The summed E-state index contributed by atoms with van der Waals surface area (Å²) in [5.41, 5.74) is -2.46. The van der Waals surface area contributed by atoms with Crippen molar-refractivity contribution < 1.29 is 79.2 Å². The first kappa shape index (κ1) is 47.1. The second-order valence-corrected chi connectivity index (χ2v) is 20.8. The molecule has 0 aromatic heterocycles. The van der Waals surface area contributed by atoms with Crippen molar-refractivity contribution in [2.75, 3.05) is 40.1 Å². The molecule has 17 nitrogen and oxygen atoms in total. The van der Waals surface area contributed by atoms with Gasteiger partial charge in [0, 0.05) is 12.0 Å². The molecule has 7 aliphatic rings. The van der Waals surface area contributed by atoms with E-state index in [1.54, 1.807) is 0 Å². The number of aliphatic hydroxyl groups excluding tert-OH is 9. The van der Waals surface area contributed by atoms with E-state index in [9.17, 15) is 55.5 Å². The fourth-order valence-electron chi connectivity index (χ4n) is 14.1. The van der Waals surface area contributed by atoms with Gasteiger partial charge in [-0.25, -0.2) is 0 Å². The molecule has 5 aliphatic carbocycles. The maximum atomic E-state index is 14.1. The minimum Gasteiger partial charge on any atom is -0.469 e. The van der Waals surface area contributed by atoms with Crippen molar-refractivity contribution >= 4 is 11.9 Å². The summed E-state index contributed by atoms with van der Waals surface area (Å²) in [6.07, 6.45) is -8.37. The van der Waals surface area contributed by atoms with Crippen LogP contribution in [0.5, 0.6) is 0 Å². The van der Waals surface area contributed by atoms with Gasteiger partial charge in [0.1, 0.15) is 42.7 Å². The highest BCUT2D eigenvalue weighted by molar-refractivity contribution is 5.85. The normalized spacial score (nSPS) is 52.1. The van der Waals surface area contributed by atoms with Crippen LogP contribution < -0.4 is 5.32 Å². The molecule has 7 rings (SSSR count). The van der Waals surface area contributed by atoms with E-state index < -0.39 is 95.8 Å². The monoisotopic (exact) mass is 869 g/mol. The third-order valence-corrected chi connectivity index (χ3v) is 17.9. The average molecular weight is 870 g/mol. The number of carbonyl (C=O) groups is 2. The van der Waals surface area contributed by atoms with E-state index in [-0.39, 0.29) is 66.8 Å². The lowest BCUT2D eigenvalue weighted by molar-refractivity contribution is -0.357. The van der Waals surface area contributed by atoms with Crippen molar-refractivity contribution in [2.45, 2.75) is 160 Å². The first-order valence-electron chi connectivity index (χ1n) is 22.2. The number of rotatable bonds is 10. The number of fused-ring (bicyclic) bond motifs is 7. The van der Waals surface area contributed by atoms with Crippen LogP contribution >= 0.6 is 0 Å². The van der Waals surface area contributed by atoms with Crippen molar-refractivity contribution in [1.29, 1.82) is 0 Å². The van der Waals surface area contributed by atoms with Crippen LogP contribution in [0.1, 0.15) is 92.4 Å². The summed E-state index contributed by atoms with van der Waals surface area (Å²) in [5.74, 6) is -0.675. The molecule has 61 heavy (non-hydrogen) atoms. The molecule has 4 saturated carbocycles. The highest BCUT2D eigenvalue weighted by Gasteiger charge is 2.71. The number of methoxy groups -OCH3 is 1. The van der Waals surface area contributed by atoms with Crippen molar-refractivity contribution in [1.82, 2.24) is 5.32 Å². The molecule has 0 aromatic rings. The molecule has 10 N–H and O–H groups in total. The zero-order valence-corrected chi connectivity index (χ0v) is 36.4. The largest absolute Gasteiger partial charge is 0.469 e. The second-order valence-electron chi connectivity index (χ2n) is 20.8. The third kappa shape index (κ3) is 7.15. The maximum absolute atomic E-state index is 14.1. The molecule has 0 spiro atoms. The zero-order valence-electron chi connectivity index (χ0n) is 36.4. The first-order valence-corrected chi connectivity index (χ1v) is 22.2. The Balaban J connectivity index is 1.12. The summed E-state index contributed by atoms with van der Waals surface area (Å²) in [6, 6.07) is 0.